The molecule has 0 radical (unpaired) electrons. The largest absolute Gasteiger partial charge is 0.491 e. The van der Waals surface area contributed by atoms with Crippen LogP contribution in [0.2, 0.25) is 0 Å². The highest BCUT2D eigenvalue weighted by atomic mass is 16.5. The van der Waals surface area contributed by atoms with E-state index in [1.807, 2.05) is 52.0 Å². The van der Waals surface area contributed by atoms with E-state index >= 15 is 0 Å². The normalized spacial score (nSPS) is 11.7. The van der Waals surface area contributed by atoms with Crippen LogP contribution in [0.4, 0.5) is 5.69 Å². The molecule has 31 heavy (non-hydrogen) atoms. The topological polar surface area (TPSA) is 94.6 Å². The first-order valence-electron chi connectivity index (χ1n) is 10.6. The molecule has 3 aromatic rings. The van der Waals surface area contributed by atoms with E-state index in [1.54, 1.807) is 18.2 Å². The lowest BCUT2D eigenvalue weighted by molar-refractivity contribution is 0.102. The van der Waals surface area contributed by atoms with Crippen molar-refractivity contribution >= 4 is 22.6 Å². The molecule has 6 heteroatoms. The Morgan fingerprint density at radius 2 is 1.84 bits per heavy atom. The maximum absolute atomic E-state index is 12.8. The van der Waals surface area contributed by atoms with Gasteiger partial charge in [0.25, 0.3) is 5.91 Å². The Kier molecular flexibility index (Phi) is 6.51. The second-order valence-electron chi connectivity index (χ2n) is 8.58. The summed E-state index contributed by atoms with van der Waals surface area (Å²) in [7, 11) is 0. The Labute approximate surface area is 182 Å². The Morgan fingerprint density at radius 3 is 2.42 bits per heavy atom. The first-order chi connectivity index (χ1) is 14.6. The summed E-state index contributed by atoms with van der Waals surface area (Å²) in [4.78, 5) is 25.4. The van der Waals surface area contributed by atoms with Crippen molar-refractivity contribution in [3.05, 3.63) is 69.6 Å². The summed E-state index contributed by atoms with van der Waals surface area (Å²) in [6.45, 7) is 9.76. The Morgan fingerprint density at radius 1 is 1.16 bits per heavy atom. The molecule has 3 N–H and O–H groups in total. The van der Waals surface area contributed by atoms with Crippen LogP contribution in [0.25, 0.3) is 11.0 Å². The van der Waals surface area contributed by atoms with Crippen LogP contribution in [0.1, 0.15) is 62.5 Å². The number of nitrogens with two attached hydrogens (primary N) is 1. The zero-order valence-corrected chi connectivity index (χ0v) is 18.7. The fourth-order valence-corrected chi connectivity index (χ4v) is 3.42. The van der Waals surface area contributed by atoms with Crippen molar-refractivity contribution in [3.8, 4) is 5.75 Å². The van der Waals surface area contributed by atoms with E-state index in [-0.39, 0.29) is 11.7 Å². The van der Waals surface area contributed by atoms with Gasteiger partial charge in [0.1, 0.15) is 16.9 Å². The van der Waals surface area contributed by atoms with Crippen molar-refractivity contribution in [2.75, 3.05) is 5.32 Å². The van der Waals surface area contributed by atoms with Crippen LogP contribution in [-0.4, -0.2) is 12.0 Å². The van der Waals surface area contributed by atoms with Gasteiger partial charge in [-0.1, -0.05) is 25.5 Å². The molecule has 0 aliphatic carbocycles. The molecule has 1 heterocycles. The summed E-state index contributed by atoms with van der Waals surface area (Å²) in [5.41, 5.74) is 7.72. The van der Waals surface area contributed by atoms with E-state index in [9.17, 15) is 9.59 Å². The van der Waals surface area contributed by atoms with Gasteiger partial charge in [-0.3, -0.25) is 4.79 Å². The number of carbonyl (C=O) groups excluding carboxylic acids is 1. The molecule has 6 nitrogen and oxygen atoms in total. The number of carbonyl (C=O) groups is 1. The number of ether oxygens (including phenoxy) is 1. The highest BCUT2D eigenvalue weighted by Crippen LogP contribution is 2.30. The summed E-state index contributed by atoms with van der Waals surface area (Å²) >= 11 is 0. The highest BCUT2D eigenvalue weighted by Gasteiger charge is 2.19. The van der Waals surface area contributed by atoms with Crippen LogP contribution in [0.3, 0.4) is 0 Å². The van der Waals surface area contributed by atoms with Crippen LogP contribution >= 0.6 is 0 Å². The lowest BCUT2D eigenvalue weighted by Gasteiger charge is -2.19. The molecule has 0 unspecified atom stereocenters. The lowest BCUT2D eigenvalue weighted by Crippen LogP contribution is -2.28. The van der Waals surface area contributed by atoms with Crippen LogP contribution in [0.5, 0.6) is 5.75 Å². The zero-order chi connectivity index (χ0) is 22.8. The van der Waals surface area contributed by atoms with Gasteiger partial charge in [0, 0.05) is 22.2 Å². The van der Waals surface area contributed by atoms with Crippen LogP contribution in [0.15, 0.2) is 51.7 Å². The molecule has 0 aliphatic rings. The predicted molar refractivity (Wildman–Crippen MR) is 124 cm³/mol. The molecule has 0 saturated carbocycles. The van der Waals surface area contributed by atoms with Crippen molar-refractivity contribution < 1.29 is 13.9 Å². The number of aryl methyl sites for hydroxylation is 1. The molecule has 0 aliphatic heterocycles. The summed E-state index contributed by atoms with van der Waals surface area (Å²) < 4.78 is 11.5. The van der Waals surface area contributed by atoms with Crippen LogP contribution < -0.4 is 21.4 Å². The van der Waals surface area contributed by atoms with Crippen molar-refractivity contribution in [1.29, 1.82) is 0 Å². The maximum Gasteiger partial charge on any atom is 0.349 e. The quantitative estimate of drug-likeness (QED) is 0.524. The van der Waals surface area contributed by atoms with Crippen LogP contribution in [-0.2, 0) is 12.0 Å². The second-order valence-corrected chi connectivity index (χ2v) is 8.58. The summed E-state index contributed by atoms with van der Waals surface area (Å²) in [6.07, 6.45) is 1.58. The molecule has 1 amide bonds. The van der Waals surface area contributed by atoms with E-state index in [4.69, 9.17) is 14.9 Å². The Balaban J connectivity index is 1.94. The van der Waals surface area contributed by atoms with Gasteiger partial charge in [0.2, 0.25) is 0 Å². The molecule has 2 aromatic carbocycles. The van der Waals surface area contributed by atoms with Gasteiger partial charge in [0.05, 0.1) is 6.10 Å². The standard InChI is InChI=1S/C25H30N2O4/c1-6-7-19-21(30-15(2)3)13-8-16-14-20(24(29)31-22(16)19)23(28)27-18-11-9-17(10-12-18)25(4,5)26/h8-15H,6-7,26H2,1-5H3,(H,27,28). The number of benzene rings is 2. The molecule has 0 fully saturated rings. The minimum absolute atomic E-state index is 0.000984. The first-order valence-corrected chi connectivity index (χ1v) is 10.6. The van der Waals surface area contributed by atoms with Gasteiger partial charge in [-0.2, -0.15) is 0 Å². The van der Waals surface area contributed by atoms with Gasteiger partial charge in [-0.15, -0.1) is 0 Å². The predicted octanol–water partition coefficient (Wildman–Crippen LogP) is 4.98. The third-order valence-electron chi connectivity index (χ3n) is 4.96. The highest BCUT2D eigenvalue weighted by molar-refractivity contribution is 6.05. The molecule has 0 saturated heterocycles. The van der Waals surface area contributed by atoms with Crippen molar-refractivity contribution in [3.63, 3.8) is 0 Å². The summed E-state index contributed by atoms with van der Waals surface area (Å²) in [5, 5.41) is 3.44. The molecule has 164 valence electrons. The Hall–Kier alpha value is -3.12. The molecule has 3 rings (SSSR count). The average Bonchev–Trinajstić information content (AvgIpc) is 2.69. The van der Waals surface area contributed by atoms with Gasteiger partial charge < -0.3 is 20.2 Å². The van der Waals surface area contributed by atoms with E-state index in [0.29, 0.717) is 28.8 Å². The molecular weight excluding hydrogens is 392 g/mol. The molecular formula is C25H30N2O4. The fourth-order valence-electron chi connectivity index (χ4n) is 3.42. The number of amides is 1. The minimum atomic E-state index is -0.677. The number of rotatable bonds is 7. The summed E-state index contributed by atoms with van der Waals surface area (Å²) in [6, 6.07) is 12.5. The Bertz CT molecular complexity index is 1140. The molecule has 0 atom stereocenters. The van der Waals surface area contributed by atoms with Crippen molar-refractivity contribution in [1.82, 2.24) is 0 Å². The number of hydrogen-bond donors (Lipinski definition) is 2. The fraction of sp³-hybridized carbons (Fsp3) is 0.360. The lowest BCUT2D eigenvalue weighted by atomic mass is 9.95. The van der Waals surface area contributed by atoms with E-state index in [0.717, 1.165) is 17.5 Å². The first kappa shape index (κ1) is 22.6. The van der Waals surface area contributed by atoms with E-state index in [2.05, 4.69) is 12.2 Å². The third-order valence-corrected chi connectivity index (χ3v) is 4.96. The number of hydrogen-bond acceptors (Lipinski definition) is 5. The molecule has 0 spiro atoms. The van der Waals surface area contributed by atoms with Crippen molar-refractivity contribution in [2.24, 2.45) is 5.73 Å². The number of nitrogens with one attached hydrogen (secondary N) is 1. The smallest absolute Gasteiger partial charge is 0.349 e. The van der Waals surface area contributed by atoms with Gasteiger partial charge >= 0.3 is 5.63 Å². The number of anilines is 1. The van der Waals surface area contributed by atoms with Crippen LogP contribution in [0, 0.1) is 0 Å². The van der Waals surface area contributed by atoms with Crippen molar-refractivity contribution in [2.45, 2.75) is 59.1 Å². The zero-order valence-electron chi connectivity index (χ0n) is 18.7. The second kappa shape index (κ2) is 8.94. The monoisotopic (exact) mass is 422 g/mol. The molecule has 1 aromatic heterocycles. The average molecular weight is 423 g/mol. The molecule has 0 bridgehead atoms. The maximum atomic E-state index is 12.8. The number of fused-ring (bicyclic) bond motifs is 1. The van der Waals surface area contributed by atoms with Gasteiger partial charge in [-0.25, -0.2) is 4.79 Å². The van der Waals surface area contributed by atoms with Gasteiger partial charge in [0.15, 0.2) is 0 Å². The van der Waals surface area contributed by atoms with E-state index < -0.39 is 17.1 Å². The minimum Gasteiger partial charge on any atom is -0.491 e. The SMILES string of the molecule is CCCc1c(OC(C)C)ccc2cc(C(=O)Nc3ccc(C(C)(C)N)cc3)c(=O)oc12. The third kappa shape index (κ3) is 5.14. The summed E-state index contributed by atoms with van der Waals surface area (Å²) in [5.74, 6) is 0.183. The van der Waals surface area contributed by atoms with Gasteiger partial charge in [-0.05, 0) is 70.0 Å². The van der Waals surface area contributed by atoms with E-state index in [1.165, 1.54) is 0 Å².